The zero-order valence-corrected chi connectivity index (χ0v) is 13.1. The molecule has 0 aliphatic carbocycles. The molecule has 22 heavy (non-hydrogen) atoms. The Kier molecular flexibility index (Phi) is 4.95. The number of carbonyl (C=O) groups excluding carboxylic acids is 1. The van der Waals surface area contributed by atoms with Gasteiger partial charge in [-0.3, -0.25) is 5.43 Å². The second-order valence-corrected chi connectivity index (χ2v) is 5.23. The summed E-state index contributed by atoms with van der Waals surface area (Å²) in [5.74, 6) is 0.00000383. The molecule has 116 valence electrons. The number of hydrogen-bond donors (Lipinski definition) is 2. The van der Waals surface area contributed by atoms with Gasteiger partial charge in [0.2, 0.25) is 5.13 Å². The van der Waals surface area contributed by atoms with Gasteiger partial charge >= 0.3 is 5.97 Å². The van der Waals surface area contributed by atoms with Crippen molar-refractivity contribution < 1.29 is 19.4 Å². The molecule has 0 aliphatic heterocycles. The molecule has 0 saturated heterocycles. The van der Waals surface area contributed by atoms with Crippen molar-refractivity contribution in [3.05, 3.63) is 34.3 Å². The summed E-state index contributed by atoms with van der Waals surface area (Å²) in [6.45, 7) is 1.72. The van der Waals surface area contributed by atoms with Crippen LogP contribution in [0.3, 0.4) is 0 Å². The summed E-state index contributed by atoms with van der Waals surface area (Å²) >= 11 is 1.16. The zero-order chi connectivity index (χ0) is 16.1. The van der Waals surface area contributed by atoms with Gasteiger partial charge in [-0.15, -0.1) is 0 Å². The molecule has 1 aromatic heterocycles. The smallest absolute Gasteiger partial charge is 0.350 e. The molecule has 2 N–H and O–H groups in total. The number of thiazole rings is 1. The van der Waals surface area contributed by atoms with E-state index < -0.39 is 5.97 Å². The molecule has 0 unspecified atom stereocenters. The molecule has 0 atom stereocenters. The number of anilines is 1. The number of esters is 1. The highest BCUT2D eigenvalue weighted by molar-refractivity contribution is 7.17. The van der Waals surface area contributed by atoms with Crippen LogP contribution in [0, 0.1) is 6.92 Å². The van der Waals surface area contributed by atoms with E-state index in [1.807, 2.05) is 0 Å². The summed E-state index contributed by atoms with van der Waals surface area (Å²) in [4.78, 5) is 16.1. The molecule has 0 fully saturated rings. The van der Waals surface area contributed by atoms with Crippen LogP contribution >= 0.6 is 11.3 Å². The molecule has 1 aromatic carbocycles. The second kappa shape index (κ2) is 6.90. The van der Waals surface area contributed by atoms with Gasteiger partial charge in [0.1, 0.15) is 4.88 Å². The van der Waals surface area contributed by atoms with Gasteiger partial charge < -0.3 is 14.6 Å². The topological polar surface area (TPSA) is 93.0 Å². The number of rotatable bonds is 5. The molecule has 2 aromatic rings. The van der Waals surface area contributed by atoms with Crippen molar-refractivity contribution in [3.8, 4) is 11.5 Å². The van der Waals surface area contributed by atoms with E-state index in [-0.39, 0.29) is 5.75 Å². The lowest BCUT2D eigenvalue weighted by Crippen LogP contribution is -1.99. The monoisotopic (exact) mass is 321 g/mol. The van der Waals surface area contributed by atoms with E-state index in [0.717, 1.165) is 11.3 Å². The third-order valence-electron chi connectivity index (χ3n) is 2.74. The molecule has 0 saturated carbocycles. The fraction of sp³-hybridized carbons (Fsp3) is 0.214. The Hall–Kier alpha value is -2.61. The first-order chi connectivity index (χ1) is 10.5. The van der Waals surface area contributed by atoms with Crippen molar-refractivity contribution in [2.24, 2.45) is 5.10 Å². The van der Waals surface area contributed by atoms with Crippen LogP contribution in [0.5, 0.6) is 11.5 Å². The van der Waals surface area contributed by atoms with Crippen molar-refractivity contribution in [2.75, 3.05) is 19.6 Å². The Balaban J connectivity index is 2.06. The minimum Gasteiger partial charge on any atom is -0.504 e. The van der Waals surface area contributed by atoms with Crippen LogP contribution in [-0.4, -0.2) is 36.5 Å². The number of phenols is 1. The number of aromatic nitrogens is 1. The number of methoxy groups -OCH3 is 2. The SMILES string of the molecule is COC(=O)c1sc(N/N=C/c2ccc(OC)c(O)c2)nc1C. The maximum Gasteiger partial charge on any atom is 0.350 e. The molecular weight excluding hydrogens is 306 g/mol. The number of hydrazone groups is 1. The molecule has 0 spiro atoms. The van der Waals surface area contributed by atoms with Crippen LogP contribution in [0.15, 0.2) is 23.3 Å². The number of hydrogen-bond acceptors (Lipinski definition) is 8. The van der Waals surface area contributed by atoms with Gasteiger partial charge in [-0.25, -0.2) is 9.78 Å². The number of carbonyl (C=O) groups is 1. The number of ether oxygens (including phenoxy) is 2. The van der Waals surface area contributed by atoms with Gasteiger partial charge in [0, 0.05) is 0 Å². The third kappa shape index (κ3) is 3.53. The highest BCUT2D eigenvalue weighted by Crippen LogP contribution is 2.26. The largest absolute Gasteiger partial charge is 0.504 e. The fourth-order valence-electron chi connectivity index (χ4n) is 1.68. The summed E-state index contributed by atoms with van der Waals surface area (Å²) in [5.41, 5.74) is 4.01. The number of aryl methyl sites for hydroxylation is 1. The Morgan fingerprint density at radius 3 is 2.86 bits per heavy atom. The molecule has 1 heterocycles. The molecule has 8 heteroatoms. The quantitative estimate of drug-likeness (QED) is 0.499. The van der Waals surface area contributed by atoms with E-state index in [1.165, 1.54) is 26.5 Å². The van der Waals surface area contributed by atoms with E-state index >= 15 is 0 Å². The van der Waals surface area contributed by atoms with Crippen LogP contribution < -0.4 is 10.2 Å². The molecule has 7 nitrogen and oxygen atoms in total. The predicted octanol–water partition coefficient (Wildman–Crippen LogP) is 2.40. The Morgan fingerprint density at radius 1 is 1.45 bits per heavy atom. The summed E-state index contributed by atoms with van der Waals surface area (Å²) in [6.07, 6.45) is 1.52. The highest BCUT2D eigenvalue weighted by atomic mass is 32.1. The van der Waals surface area contributed by atoms with Crippen LogP contribution in [0.4, 0.5) is 5.13 Å². The second-order valence-electron chi connectivity index (χ2n) is 4.23. The fourth-order valence-corrected chi connectivity index (χ4v) is 2.51. The predicted molar refractivity (Wildman–Crippen MR) is 84.1 cm³/mol. The zero-order valence-electron chi connectivity index (χ0n) is 12.3. The van der Waals surface area contributed by atoms with Gasteiger partial charge in [0.25, 0.3) is 0 Å². The lowest BCUT2D eigenvalue weighted by atomic mass is 10.2. The van der Waals surface area contributed by atoms with Gasteiger partial charge in [0.15, 0.2) is 11.5 Å². The number of aromatic hydroxyl groups is 1. The lowest BCUT2D eigenvalue weighted by Gasteiger charge is -2.02. The summed E-state index contributed by atoms with van der Waals surface area (Å²) in [6, 6.07) is 4.91. The standard InChI is InChI=1S/C14H15N3O4S/c1-8-12(13(19)21-3)22-14(16-8)17-15-7-9-4-5-11(20-2)10(18)6-9/h4-7,18H,1-3H3,(H,16,17)/b15-7+. The van der Waals surface area contributed by atoms with E-state index in [4.69, 9.17) is 4.74 Å². The third-order valence-corrected chi connectivity index (χ3v) is 3.79. The molecule has 0 aliphatic rings. The van der Waals surface area contributed by atoms with Crippen molar-refractivity contribution in [1.29, 1.82) is 0 Å². The van der Waals surface area contributed by atoms with Crippen molar-refractivity contribution >= 4 is 28.7 Å². The van der Waals surface area contributed by atoms with E-state index in [1.54, 1.807) is 19.1 Å². The first kappa shape index (κ1) is 15.8. The van der Waals surface area contributed by atoms with E-state index in [0.29, 0.717) is 27.0 Å². The van der Waals surface area contributed by atoms with Crippen LogP contribution in [0.2, 0.25) is 0 Å². The Morgan fingerprint density at radius 2 is 2.23 bits per heavy atom. The van der Waals surface area contributed by atoms with Crippen molar-refractivity contribution in [3.63, 3.8) is 0 Å². The van der Waals surface area contributed by atoms with Gasteiger partial charge in [-0.1, -0.05) is 11.3 Å². The van der Waals surface area contributed by atoms with Crippen LogP contribution in [-0.2, 0) is 4.74 Å². The summed E-state index contributed by atoms with van der Waals surface area (Å²) in [5, 5.41) is 14.2. The van der Waals surface area contributed by atoms with Crippen LogP contribution in [0.1, 0.15) is 20.9 Å². The molecule has 0 radical (unpaired) electrons. The van der Waals surface area contributed by atoms with Gasteiger partial charge in [-0.2, -0.15) is 5.10 Å². The molecular formula is C14H15N3O4S. The number of benzene rings is 1. The minimum atomic E-state index is -0.424. The molecule has 0 bridgehead atoms. The lowest BCUT2D eigenvalue weighted by molar-refractivity contribution is 0.0605. The maximum atomic E-state index is 11.5. The highest BCUT2D eigenvalue weighted by Gasteiger charge is 2.15. The molecule has 0 amide bonds. The van der Waals surface area contributed by atoms with E-state index in [9.17, 15) is 9.90 Å². The number of phenolic OH excluding ortho intramolecular Hbond substituents is 1. The van der Waals surface area contributed by atoms with Gasteiger partial charge in [0.05, 0.1) is 26.1 Å². The van der Waals surface area contributed by atoms with Crippen LogP contribution in [0.25, 0.3) is 0 Å². The average Bonchev–Trinajstić information content (AvgIpc) is 2.87. The number of nitrogens with one attached hydrogen (secondary N) is 1. The van der Waals surface area contributed by atoms with Crippen molar-refractivity contribution in [2.45, 2.75) is 6.92 Å². The van der Waals surface area contributed by atoms with Crippen molar-refractivity contribution in [1.82, 2.24) is 4.98 Å². The normalized spacial score (nSPS) is 10.7. The first-order valence-corrected chi connectivity index (χ1v) is 7.08. The van der Waals surface area contributed by atoms with E-state index in [2.05, 4.69) is 20.2 Å². The minimum absolute atomic E-state index is 0.0320. The Labute approximate surface area is 131 Å². The maximum absolute atomic E-state index is 11.5. The average molecular weight is 321 g/mol. The number of nitrogens with zero attached hydrogens (tertiary/aromatic N) is 2. The summed E-state index contributed by atoms with van der Waals surface area (Å²) in [7, 11) is 2.80. The Bertz CT molecular complexity index is 712. The molecule has 2 rings (SSSR count). The van der Waals surface area contributed by atoms with Gasteiger partial charge in [-0.05, 0) is 30.7 Å². The first-order valence-electron chi connectivity index (χ1n) is 6.27. The summed E-state index contributed by atoms with van der Waals surface area (Å²) < 4.78 is 9.63.